The molecule has 4 aliphatic rings. The number of oxazole rings is 1. The monoisotopic (exact) mass is 359 g/mol. The van der Waals surface area contributed by atoms with Gasteiger partial charge < -0.3 is 9.32 Å². The predicted octanol–water partition coefficient (Wildman–Crippen LogP) is 2.66. The number of aromatic nitrogens is 1. The fourth-order valence-corrected chi connectivity index (χ4v) is 5.20. The molecule has 3 atom stereocenters. The van der Waals surface area contributed by atoms with Crippen molar-refractivity contribution >= 4 is 5.91 Å². The maximum absolute atomic E-state index is 13.8. The largest absolute Gasteiger partial charge is 0.451 e. The maximum atomic E-state index is 13.8. The zero-order valence-electron chi connectivity index (χ0n) is 14.1. The van der Waals surface area contributed by atoms with Crippen molar-refractivity contribution in [1.29, 1.82) is 0 Å². The lowest BCUT2D eigenvalue weighted by molar-refractivity contribution is -0.00361. The number of hydrogen-bond acceptors (Lipinski definition) is 4. The van der Waals surface area contributed by atoms with Gasteiger partial charge >= 0.3 is 0 Å². The van der Waals surface area contributed by atoms with Crippen LogP contribution in [-0.4, -0.2) is 52.4 Å². The Morgan fingerprint density at radius 1 is 1.12 bits per heavy atom. The minimum atomic E-state index is -0.575. The summed E-state index contributed by atoms with van der Waals surface area (Å²) in [5.74, 6) is -1.00. The van der Waals surface area contributed by atoms with Crippen molar-refractivity contribution in [2.24, 2.45) is 5.92 Å². The van der Waals surface area contributed by atoms with Gasteiger partial charge in [0.2, 0.25) is 0 Å². The van der Waals surface area contributed by atoms with Crippen molar-refractivity contribution in [3.05, 3.63) is 53.7 Å². The number of rotatable bonds is 2. The number of hydrogen-bond donors (Lipinski definition) is 0. The number of carbonyl (C=O) groups excluding carboxylic acids is 1. The lowest BCUT2D eigenvalue weighted by Gasteiger charge is -2.51. The molecule has 4 aliphatic heterocycles. The van der Waals surface area contributed by atoms with E-state index in [1.807, 2.05) is 4.90 Å². The molecule has 4 fully saturated rings. The highest BCUT2D eigenvalue weighted by Crippen LogP contribution is 2.47. The van der Waals surface area contributed by atoms with Crippen molar-refractivity contribution < 1.29 is 18.0 Å². The molecule has 1 aromatic heterocycles. The summed E-state index contributed by atoms with van der Waals surface area (Å²) in [5.41, 5.74) is 0.909. The molecule has 5 heterocycles. The zero-order chi connectivity index (χ0) is 17.8. The average molecular weight is 359 g/mol. The molecule has 0 saturated carbocycles. The van der Waals surface area contributed by atoms with Gasteiger partial charge in [-0.2, -0.15) is 0 Å². The second-order valence-corrected chi connectivity index (χ2v) is 7.50. The van der Waals surface area contributed by atoms with Gasteiger partial charge in [-0.25, -0.2) is 13.8 Å². The third-order valence-corrected chi connectivity index (χ3v) is 6.22. The molecule has 0 aliphatic carbocycles. The molecule has 2 bridgehead atoms. The van der Waals surface area contributed by atoms with Gasteiger partial charge in [0.15, 0.2) is 12.1 Å². The first-order chi connectivity index (χ1) is 12.6. The highest BCUT2D eigenvalue weighted by Gasteiger charge is 2.55. The Labute approximate surface area is 149 Å². The molecule has 0 radical (unpaired) electrons. The highest BCUT2D eigenvalue weighted by atomic mass is 19.1. The van der Waals surface area contributed by atoms with Crippen molar-refractivity contribution in [1.82, 2.24) is 14.8 Å². The van der Waals surface area contributed by atoms with E-state index in [2.05, 4.69) is 9.88 Å². The van der Waals surface area contributed by atoms with Crippen molar-refractivity contribution in [2.75, 3.05) is 19.6 Å². The molecule has 6 rings (SSSR count). The summed E-state index contributed by atoms with van der Waals surface area (Å²) in [5, 5.41) is 0. The number of halogens is 2. The van der Waals surface area contributed by atoms with E-state index < -0.39 is 11.6 Å². The van der Waals surface area contributed by atoms with Crippen LogP contribution in [0.25, 0.3) is 0 Å². The Hall–Kier alpha value is -2.28. The van der Waals surface area contributed by atoms with Crippen molar-refractivity contribution in [3.63, 3.8) is 0 Å². The number of nitrogens with zero attached hydrogens (tertiary/aromatic N) is 3. The summed E-state index contributed by atoms with van der Waals surface area (Å²) in [6.07, 6.45) is 4.70. The van der Waals surface area contributed by atoms with E-state index in [9.17, 15) is 13.6 Å². The van der Waals surface area contributed by atoms with Crippen LogP contribution in [-0.2, 0) is 0 Å². The van der Waals surface area contributed by atoms with E-state index in [-0.39, 0.29) is 29.6 Å². The first-order valence-corrected chi connectivity index (χ1v) is 9.01. The Kier molecular flexibility index (Phi) is 3.60. The maximum Gasteiger partial charge on any atom is 0.276 e. The molecule has 136 valence electrons. The molecule has 0 unspecified atom stereocenters. The second kappa shape index (κ2) is 5.87. The summed E-state index contributed by atoms with van der Waals surface area (Å²) < 4.78 is 32.6. The van der Waals surface area contributed by atoms with Gasteiger partial charge in [0.25, 0.3) is 5.91 Å². The summed E-state index contributed by atoms with van der Waals surface area (Å²) >= 11 is 0. The average Bonchev–Trinajstić information content (AvgIpc) is 3.30. The Morgan fingerprint density at radius 2 is 1.85 bits per heavy atom. The lowest BCUT2D eigenvalue weighted by atomic mass is 9.75. The van der Waals surface area contributed by atoms with Crippen LogP contribution in [0.2, 0.25) is 0 Å². The first kappa shape index (κ1) is 15.9. The molecule has 5 nitrogen and oxygen atoms in total. The molecule has 1 aromatic carbocycles. The number of fused-ring (bicyclic) bond motifs is 2. The molecular weight excluding hydrogens is 340 g/mol. The van der Waals surface area contributed by atoms with Crippen molar-refractivity contribution in [2.45, 2.75) is 30.8 Å². The van der Waals surface area contributed by atoms with Gasteiger partial charge in [-0.15, -0.1) is 0 Å². The Morgan fingerprint density at radius 3 is 2.50 bits per heavy atom. The fraction of sp³-hybridized carbons (Fsp3) is 0.474. The Balaban J connectivity index is 1.55. The van der Waals surface area contributed by atoms with Crippen LogP contribution in [0.4, 0.5) is 8.78 Å². The molecule has 26 heavy (non-hydrogen) atoms. The zero-order valence-corrected chi connectivity index (χ0v) is 14.1. The van der Waals surface area contributed by atoms with Gasteiger partial charge in [-0.3, -0.25) is 9.69 Å². The van der Waals surface area contributed by atoms with E-state index in [1.165, 1.54) is 24.8 Å². The van der Waals surface area contributed by atoms with Crippen LogP contribution in [0.1, 0.15) is 34.8 Å². The SMILES string of the molecule is O=C(c1cocn1)N1C[C@H](c2cc(F)cc(F)c2)[C@H]2[C@@H]1C1CCN2CC1. The summed E-state index contributed by atoms with van der Waals surface area (Å²) in [7, 11) is 0. The fourth-order valence-electron chi connectivity index (χ4n) is 5.20. The molecule has 2 aromatic rings. The molecule has 4 saturated heterocycles. The van der Waals surface area contributed by atoms with Crippen molar-refractivity contribution in [3.8, 4) is 0 Å². The van der Waals surface area contributed by atoms with Gasteiger partial charge in [0, 0.05) is 24.6 Å². The van der Waals surface area contributed by atoms with Gasteiger partial charge in [0.1, 0.15) is 17.9 Å². The minimum Gasteiger partial charge on any atom is -0.451 e. The number of piperidine rings is 3. The summed E-state index contributed by atoms with van der Waals surface area (Å²) in [6.45, 7) is 2.40. The molecular formula is C19H19F2N3O2. The number of amides is 1. The standard InChI is InChI=1S/C19H19F2N3O2/c20-13-5-12(6-14(21)7-13)15-8-24(19(25)16-9-26-10-22-16)17-11-1-3-23(4-2-11)18(15)17/h5-7,9-11,15,17-18H,1-4,8H2/t15-,17+,18+/m1/s1. The molecule has 0 N–H and O–H groups in total. The third-order valence-electron chi connectivity index (χ3n) is 6.22. The quantitative estimate of drug-likeness (QED) is 0.827. The van der Waals surface area contributed by atoms with E-state index in [1.54, 1.807) is 0 Å². The van der Waals surface area contributed by atoms with Crippen LogP contribution >= 0.6 is 0 Å². The van der Waals surface area contributed by atoms with Gasteiger partial charge in [-0.05, 0) is 49.5 Å². The second-order valence-electron chi connectivity index (χ2n) is 7.50. The molecule has 0 spiro atoms. The normalized spacial score (nSPS) is 32.7. The van der Waals surface area contributed by atoms with Crippen LogP contribution < -0.4 is 0 Å². The third kappa shape index (κ3) is 2.37. The van der Waals surface area contributed by atoms with Crippen LogP contribution in [0.3, 0.4) is 0 Å². The number of likely N-dealkylation sites (tertiary alicyclic amines) is 1. The minimum absolute atomic E-state index is 0.0537. The van der Waals surface area contributed by atoms with E-state index in [0.29, 0.717) is 18.0 Å². The summed E-state index contributed by atoms with van der Waals surface area (Å²) in [6, 6.07) is 3.84. The van der Waals surface area contributed by atoms with Gasteiger partial charge in [0.05, 0.1) is 6.04 Å². The van der Waals surface area contributed by atoms with E-state index in [0.717, 1.165) is 32.0 Å². The van der Waals surface area contributed by atoms with E-state index in [4.69, 9.17) is 4.42 Å². The van der Waals surface area contributed by atoms with E-state index >= 15 is 0 Å². The van der Waals surface area contributed by atoms with Crippen LogP contribution in [0.5, 0.6) is 0 Å². The lowest BCUT2D eigenvalue weighted by Crippen LogP contribution is -2.60. The van der Waals surface area contributed by atoms with Gasteiger partial charge in [-0.1, -0.05) is 0 Å². The Bertz CT molecular complexity index is 813. The first-order valence-electron chi connectivity index (χ1n) is 9.01. The summed E-state index contributed by atoms with van der Waals surface area (Å²) in [4.78, 5) is 21.2. The van der Waals surface area contributed by atoms with Crippen LogP contribution in [0, 0.1) is 17.6 Å². The number of benzene rings is 1. The molecule has 1 amide bonds. The molecule has 7 heteroatoms. The number of carbonyl (C=O) groups is 1. The van der Waals surface area contributed by atoms with Crippen LogP contribution in [0.15, 0.2) is 35.3 Å². The topological polar surface area (TPSA) is 49.6 Å². The smallest absolute Gasteiger partial charge is 0.276 e. The predicted molar refractivity (Wildman–Crippen MR) is 88.5 cm³/mol. The highest BCUT2D eigenvalue weighted by molar-refractivity contribution is 5.92.